The summed E-state index contributed by atoms with van der Waals surface area (Å²) in [6.07, 6.45) is 3.59. The van der Waals surface area contributed by atoms with E-state index in [1.54, 1.807) is 16.9 Å². The van der Waals surface area contributed by atoms with Gasteiger partial charge in [-0.05, 0) is 30.9 Å². The fraction of sp³-hybridized carbons (Fsp3) is 0.286. The first kappa shape index (κ1) is 14.9. The number of carbonyl (C=O) groups is 1. The van der Waals surface area contributed by atoms with E-state index in [4.69, 9.17) is 11.6 Å². The number of amides is 1. The van der Waals surface area contributed by atoms with Crippen LogP contribution in [0.1, 0.15) is 12.5 Å². The number of carbonyl (C=O) groups excluding carboxylic acids is 1. The van der Waals surface area contributed by atoms with Crippen molar-refractivity contribution in [1.29, 1.82) is 0 Å². The Bertz CT molecular complexity index is 582. The molecule has 2 aromatic rings. The van der Waals surface area contributed by atoms with Gasteiger partial charge in [-0.1, -0.05) is 23.7 Å². The van der Waals surface area contributed by atoms with E-state index in [-0.39, 0.29) is 11.2 Å². The maximum Gasteiger partial charge on any atom is 0.238 e. The monoisotopic (exact) mass is 309 g/mol. The quantitative estimate of drug-likeness (QED) is 0.922. The van der Waals surface area contributed by atoms with E-state index in [1.165, 1.54) is 11.8 Å². The molecule has 1 heterocycles. The summed E-state index contributed by atoms with van der Waals surface area (Å²) in [5, 5.41) is 7.74. The molecule has 1 atom stereocenters. The fourth-order valence-electron chi connectivity index (χ4n) is 1.66. The standard InChI is InChI=1S/C14H16ClN3OS/c1-10(20-2)14(19)17-13-7-8-16-18(13)9-11-3-5-12(15)6-4-11/h3-8,10H,9H2,1-2H3,(H,17,19)/t10-/m0/s1. The molecule has 0 bridgehead atoms. The van der Waals surface area contributed by atoms with Gasteiger partial charge in [-0.25, -0.2) is 4.68 Å². The first-order chi connectivity index (χ1) is 9.60. The van der Waals surface area contributed by atoms with Crippen LogP contribution in [0.4, 0.5) is 5.82 Å². The number of anilines is 1. The molecule has 0 saturated heterocycles. The van der Waals surface area contributed by atoms with Crippen LogP contribution >= 0.6 is 23.4 Å². The highest BCUT2D eigenvalue weighted by atomic mass is 35.5. The van der Waals surface area contributed by atoms with Gasteiger partial charge < -0.3 is 5.32 Å². The molecule has 1 N–H and O–H groups in total. The number of benzene rings is 1. The third-order valence-electron chi connectivity index (χ3n) is 2.94. The Morgan fingerprint density at radius 3 is 2.75 bits per heavy atom. The molecule has 0 unspecified atom stereocenters. The molecular formula is C14H16ClN3OS. The molecule has 1 amide bonds. The predicted molar refractivity (Wildman–Crippen MR) is 84.4 cm³/mol. The Kier molecular flexibility index (Phi) is 5.09. The van der Waals surface area contributed by atoms with Crippen LogP contribution in [-0.4, -0.2) is 27.2 Å². The van der Waals surface area contributed by atoms with Crippen molar-refractivity contribution in [2.75, 3.05) is 11.6 Å². The largest absolute Gasteiger partial charge is 0.310 e. The Hall–Kier alpha value is -1.46. The first-order valence-electron chi connectivity index (χ1n) is 6.20. The molecule has 0 aliphatic rings. The summed E-state index contributed by atoms with van der Waals surface area (Å²) in [5.41, 5.74) is 1.08. The molecule has 0 fully saturated rings. The lowest BCUT2D eigenvalue weighted by molar-refractivity contribution is -0.115. The molecule has 1 aromatic carbocycles. The molecule has 0 aliphatic carbocycles. The van der Waals surface area contributed by atoms with Gasteiger partial charge in [-0.15, -0.1) is 0 Å². The van der Waals surface area contributed by atoms with Crippen molar-refractivity contribution in [3.05, 3.63) is 47.1 Å². The number of aromatic nitrogens is 2. The lowest BCUT2D eigenvalue weighted by Crippen LogP contribution is -2.24. The Balaban J connectivity index is 2.08. The minimum absolute atomic E-state index is 0.0182. The van der Waals surface area contributed by atoms with Crippen LogP contribution < -0.4 is 5.32 Å². The van der Waals surface area contributed by atoms with Crippen molar-refractivity contribution in [2.24, 2.45) is 0 Å². The minimum Gasteiger partial charge on any atom is -0.310 e. The molecule has 0 saturated carbocycles. The summed E-state index contributed by atoms with van der Waals surface area (Å²) >= 11 is 7.37. The predicted octanol–water partition coefficient (Wildman–Crippen LogP) is 3.27. The van der Waals surface area contributed by atoms with Gasteiger partial charge in [0, 0.05) is 11.1 Å². The van der Waals surface area contributed by atoms with E-state index in [0.717, 1.165) is 5.56 Å². The number of rotatable bonds is 5. The van der Waals surface area contributed by atoms with Crippen molar-refractivity contribution in [1.82, 2.24) is 9.78 Å². The molecule has 106 valence electrons. The van der Waals surface area contributed by atoms with Gasteiger partial charge in [0.15, 0.2) is 0 Å². The summed E-state index contributed by atoms with van der Waals surface area (Å²) in [6.45, 7) is 2.47. The number of hydrogen-bond acceptors (Lipinski definition) is 3. The highest BCUT2D eigenvalue weighted by Gasteiger charge is 2.13. The Morgan fingerprint density at radius 1 is 1.40 bits per heavy atom. The summed E-state index contributed by atoms with van der Waals surface area (Å²) in [7, 11) is 0. The van der Waals surface area contributed by atoms with E-state index in [0.29, 0.717) is 17.4 Å². The van der Waals surface area contributed by atoms with Crippen LogP contribution in [0.15, 0.2) is 36.5 Å². The second-order valence-electron chi connectivity index (χ2n) is 4.37. The maximum absolute atomic E-state index is 11.9. The van der Waals surface area contributed by atoms with E-state index >= 15 is 0 Å². The zero-order valence-corrected chi connectivity index (χ0v) is 12.9. The van der Waals surface area contributed by atoms with Crippen molar-refractivity contribution < 1.29 is 4.79 Å². The van der Waals surface area contributed by atoms with E-state index in [2.05, 4.69) is 10.4 Å². The third-order valence-corrected chi connectivity index (χ3v) is 4.11. The van der Waals surface area contributed by atoms with Crippen LogP contribution in [0.3, 0.4) is 0 Å². The maximum atomic E-state index is 11.9. The summed E-state index contributed by atoms with van der Waals surface area (Å²) in [4.78, 5) is 11.9. The molecule has 1 aromatic heterocycles. The molecular weight excluding hydrogens is 294 g/mol. The summed E-state index contributed by atoms with van der Waals surface area (Å²) in [6, 6.07) is 9.37. The summed E-state index contributed by atoms with van der Waals surface area (Å²) in [5.74, 6) is 0.682. The topological polar surface area (TPSA) is 46.9 Å². The average Bonchev–Trinajstić information content (AvgIpc) is 2.87. The van der Waals surface area contributed by atoms with Gasteiger partial charge in [0.05, 0.1) is 18.0 Å². The highest BCUT2D eigenvalue weighted by molar-refractivity contribution is 7.99. The Morgan fingerprint density at radius 2 is 2.10 bits per heavy atom. The number of hydrogen-bond donors (Lipinski definition) is 1. The molecule has 0 radical (unpaired) electrons. The molecule has 20 heavy (non-hydrogen) atoms. The van der Waals surface area contributed by atoms with Gasteiger partial charge in [0.25, 0.3) is 0 Å². The van der Waals surface area contributed by atoms with Gasteiger partial charge in [-0.2, -0.15) is 16.9 Å². The number of thioether (sulfide) groups is 1. The lowest BCUT2D eigenvalue weighted by Gasteiger charge is -2.11. The zero-order valence-electron chi connectivity index (χ0n) is 11.3. The molecule has 4 nitrogen and oxygen atoms in total. The second kappa shape index (κ2) is 6.81. The Labute approximate surface area is 127 Å². The number of halogens is 1. The molecule has 0 aliphatic heterocycles. The first-order valence-corrected chi connectivity index (χ1v) is 7.86. The molecule has 2 rings (SSSR count). The van der Waals surface area contributed by atoms with Gasteiger partial charge in [0.2, 0.25) is 5.91 Å². The van der Waals surface area contributed by atoms with Crippen molar-refractivity contribution in [3.63, 3.8) is 0 Å². The second-order valence-corrected chi connectivity index (χ2v) is 5.98. The van der Waals surface area contributed by atoms with Gasteiger partial charge >= 0.3 is 0 Å². The van der Waals surface area contributed by atoms with Crippen LogP contribution in [-0.2, 0) is 11.3 Å². The van der Waals surface area contributed by atoms with Crippen LogP contribution in [0, 0.1) is 0 Å². The normalized spacial score (nSPS) is 12.2. The van der Waals surface area contributed by atoms with E-state index in [1.807, 2.05) is 37.4 Å². The summed E-state index contributed by atoms with van der Waals surface area (Å²) < 4.78 is 1.76. The lowest BCUT2D eigenvalue weighted by atomic mass is 10.2. The average molecular weight is 310 g/mol. The molecule has 0 spiro atoms. The van der Waals surface area contributed by atoms with Crippen molar-refractivity contribution >= 4 is 35.1 Å². The van der Waals surface area contributed by atoms with Crippen LogP contribution in [0.25, 0.3) is 0 Å². The van der Waals surface area contributed by atoms with Gasteiger partial charge in [-0.3, -0.25) is 4.79 Å². The number of nitrogens with zero attached hydrogens (tertiary/aromatic N) is 2. The van der Waals surface area contributed by atoms with Crippen molar-refractivity contribution in [3.8, 4) is 0 Å². The van der Waals surface area contributed by atoms with Crippen molar-refractivity contribution in [2.45, 2.75) is 18.7 Å². The zero-order chi connectivity index (χ0) is 14.5. The minimum atomic E-state index is -0.0890. The highest BCUT2D eigenvalue weighted by Crippen LogP contribution is 2.15. The number of nitrogens with one attached hydrogen (secondary N) is 1. The third kappa shape index (κ3) is 3.77. The van der Waals surface area contributed by atoms with E-state index in [9.17, 15) is 4.79 Å². The SMILES string of the molecule is CS[C@@H](C)C(=O)Nc1ccnn1Cc1ccc(Cl)cc1. The van der Waals surface area contributed by atoms with Gasteiger partial charge in [0.1, 0.15) is 5.82 Å². The molecule has 6 heteroatoms. The van der Waals surface area contributed by atoms with E-state index < -0.39 is 0 Å². The smallest absolute Gasteiger partial charge is 0.238 e. The van der Waals surface area contributed by atoms with Crippen LogP contribution in [0.2, 0.25) is 5.02 Å². The van der Waals surface area contributed by atoms with Crippen LogP contribution in [0.5, 0.6) is 0 Å². The fourth-order valence-corrected chi connectivity index (χ4v) is 2.06.